The maximum Gasteiger partial charge on any atom is 0.253 e. The molecule has 0 N–H and O–H groups in total. The number of carbonyl (C=O) groups is 2. The Hall–Kier alpha value is -3.07. The molecule has 6 nitrogen and oxygen atoms in total. The molecule has 0 unspecified atom stereocenters. The predicted molar refractivity (Wildman–Crippen MR) is 88.5 cm³/mol. The van der Waals surface area contributed by atoms with Crippen LogP contribution in [0.2, 0.25) is 0 Å². The molecule has 1 aliphatic heterocycles. The largest absolute Gasteiger partial charge is 0.338 e. The fourth-order valence-corrected chi connectivity index (χ4v) is 2.80. The van der Waals surface area contributed by atoms with Crippen molar-refractivity contribution >= 4 is 11.8 Å². The second-order valence-electron chi connectivity index (χ2n) is 5.65. The Labute approximate surface area is 140 Å². The topological polar surface area (TPSA) is 69.3 Å². The quantitative estimate of drug-likeness (QED) is 0.863. The molecule has 1 saturated heterocycles. The molecule has 0 radical (unpaired) electrons. The van der Waals surface area contributed by atoms with Crippen molar-refractivity contribution in [3.63, 3.8) is 0 Å². The third kappa shape index (κ3) is 3.30. The summed E-state index contributed by atoms with van der Waals surface area (Å²) in [5.41, 5.74) is 1.64. The minimum Gasteiger partial charge on any atom is -0.338 e. The summed E-state index contributed by atoms with van der Waals surface area (Å²) in [4.78, 5) is 27.6. The van der Waals surface area contributed by atoms with Gasteiger partial charge in [-0.15, -0.1) is 0 Å². The van der Waals surface area contributed by atoms with Crippen LogP contribution in [0.4, 0.5) is 0 Å². The predicted octanol–water partition coefficient (Wildman–Crippen LogP) is 1.68. The van der Waals surface area contributed by atoms with Crippen molar-refractivity contribution in [2.24, 2.45) is 0 Å². The van der Waals surface area contributed by atoms with Crippen molar-refractivity contribution in [2.75, 3.05) is 26.2 Å². The number of amides is 2. The maximum absolute atomic E-state index is 12.6. The lowest BCUT2D eigenvalue weighted by atomic mass is 10.1. The molecule has 1 aromatic heterocycles. The number of aromatic nitrogens is 1. The van der Waals surface area contributed by atoms with E-state index in [0.717, 1.165) is 5.69 Å². The Morgan fingerprint density at radius 3 is 2.12 bits per heavy atom. The van der Waals surface area contributed by atoms with Crippen molar-refractivity contribution in [1.29, 1.82) is 5.26 Å². The summed E-state index contributed by atoms with van der Waals surface area (Å²) in [7, 11) is 0. The first kappa shape index (κ1) is 15.8. The number of rotatable bonds is 3. The molecular weight excluding hydrogens is 304 g/mol. The molecular formula is C18H18N4O2. The molecule has 0 aliphatic carbocycles. The zero-order valence-corrected chi connectivity index (χ0v) is 13.3. The molecule has 3 rings (SSSR count). The third-order valence-corrected chi connectivity index (χ3v) is 4.17. The van der Waals surface area contributed by atoms with Crippen molar-refractivity contribution in [3.05, 3.63) is 54.4 Å². The zero-order chi connectivity index (χ0) is 16.9. The van der Waals surface area contributed by atoms with Crippen LogP contribution in [-0.4, -0.2) is 52.4 Å². The molecule has 0 bridgehead atoms. The van der Waals surface area contributed by atoms with Crippen molar-refractivity contribution in [1.82, 2.24) is 14.4 Å². The van der Waals surface area contributed by atoms with E-state index in [4.69, 9.17) is 5.26 Å². The summed E-state index contributed by atoms with van der Waals surface area (Å²) in [6.45, 7) is 1.95. The number of carbonyl (C=O) groups excluding carboxylic acids is 2. The van der Waals surface area contributed by atoms with Crippen LogP contribution in [-0.2, 0) is 4.79 Å². The van der Waals surface area contributed by atoms with E-state index in [0.29, 0.717) is 31.7 Å². The van der Waals surface area contributed by atoms with Gasteiger partial charge in [-0.25, -0.2) is 0 Å². The molecule has 24 heavy (non-hydrogen) atoms. The first-order chi connectivity index (χ1) is 11.7. The van der Waals surface area contributed by atoms with Gasteiger partial charge in [-0.05, 0) is 36.4 Å². The van der Waals surface area contributed by atoms with Crippen LogP contribution in [0.25, 0.3) is 5.69 Å². The molecule has 2 aromatic rings. The SMILES string of the molecule is N#CCC(=O)N1CCN(C(=O)c2ccc(-n3cccc3)cc2)CC1. The van der Waals surface area contributed by atoms with E-state index in [1.165, 1.54) is 0 Å². The lowest BCUT2D eigenvalue weighted by Crippen LogP contribution is -2.50. The van der Waals surface area contributed by atoms with E-state index in [2.05, 4.69) is 0 Å². The fraction of sp³-hybridized carbons (Fsp3) is 0.278. The lowest BCUT2D eigenvalue weighted by molar-refractivity contribution is -0.131. The van der Waals surface area contributed by atoms with Gasteiger partial charge in [-0.1, -0.05) is 0 Å². The number of hydrogen-bond acceptors (Lipinski definition) is 3. The van der Waals surface area contributed by atoms with Gasteiger partial charge in [0, 0.05) is 49.8 Å². The van der Waals surface area contributed by atoms with Gasteiger partial charge in [0.1, 0.15) is 6.42 Å². The smallest absolute Gasteiger partial charge is 0.253 e. The molecule has 0 saturated carbocycles. The van der Waals surface area contributed by atoms with Gasteiger partial charge in [0.25, 0.3) is 5.91 Å². The average Bonchev–Trinajstić information content (AvgIpc) is 3.16. The van der Waals surface area contributed by atoms with Crippen LogP contribution >= 0.6 is 0 Å². The zero-order valence-electron chi connectivity index (χ0n) is 13.3. The highest BCUT2D eigenvalue weighted by atomic mass is 16.2. The van der Waals surface area contributed by atoms with Crippen molar-refractivity contribution in [3.8, 4) is 11.8 Å². The molecule has 6 heteroatoms. The van der Waals surface area contributed by atoms with Gasteiger partial charge in [0.05, 0.1) is 6.07 Å². The molecule has 1 aliphatic rings. The standard InChI is InChI=1S/C18H18N4O2/c19-8-7-17(23)21-11-13-22(14-12-21)18(24)15-3-5-16(6-4-15)20-9-1-2-10-20/h1-6,9-10H,7,11-14H2. The highest BCUT2D eigenvalue weighted by Gasteiger charge is 2.24. The first-order valence-corrected chi connectivity index (χ1v) is 7.86. The van der Waals surface area contributed by atoms with Crippen LogP contribution < -0.4 is 0 Å². The van der Waals surface area contributed by atoms with Gasteiger partial charge in [0.2, 0.25) is 5.91 Å². The first-order valence-electron chi connectivity index (χ1n) is 7.86. The average molecular weight is 322 g/mol. The van der Waals surface area contributed by atoms with E-state index in [9.17, 15) is 9.59 Å². The van der Waals surface area contributed by atoms with Gasteiger partial charge >= 0.3 is 0 Å². The lowest BCUT2D eigenvalue weighted by Gasteiger charge is -2.34. The fourth-order valence-electron chi connectivity index (χ4n) is 2.80. The highest BCUT2D eigenvalue weighted by molar-refractivity contribution is 5.94. The Kier molecular flexibility index (Phi) is 4.62. The second kappa shape index (κ2) is 7.01. The Bertz CT molecular complexity index is 751. The van der Waals surface area contributed by atoms with E-state index < -0.39 is 0 Å². The summed E-state index contributed by atoms with van der Waals surface area (Å²) in [5, 5.41) is 8.58. The van der Waals surface area contributed by atoms with Crippen molar-refractivity contribution < 1.29 is 9.59 Å². The number of hydrogen-bond donors (Lipinski definition) is 0. The van der Waals surface area contributed by atoms with Crippen molar-refractivity contribution in [2.45, 2.75) is 6.42 Å². The van der Waals surface area contributed by atoms with E-state index in [1.54, 1.807) is 9.80 Å². The summed E-state index contributed by atoms with van der Waals surface area (Å²) < 4.78 is 1.98. The van der Waals surface area contributed by atoms with Crippen LogP contribution in [0.1, 0.15) is 16.8 Å². The monoisotopic (exact) mass is 322 g/mol. The summed E-state index contributed by atoms with van der Waals surface area (Å²) >= 11 is 0. The molecule has 2 amide bonds. The van der Waals surface area contributed by atoms with Gasteiger partial charge in [-0.3, -0.25) is 9.59 Å². The number of piperazine rings is 1. The summed E-state index contributed by atoms with van der Waals surface area (Å²) in [5.74, 6) is -0.192. The summed E-state index contributed by atoms with van der Waals surface area (Å²) in [6, 6.07) is 13.3. The molecule has 1 aromatic carbocycles. The third-order valence-electron chi connectivity index (χ3n) is 4.17. The number of benzene rings is 1. The van der Waals surface area contributed by atoms with E-state index in [-0.39, 0.29) is 18.2 Å². The van der Waals surface area contributed by atoms with E-state index in [1.807, 2.05) is 59.4 Å². The van der Waals surface area contributed by atoms with Gasteiger partial charge in [-0.2, -0.15) is 5.26 Å². The number of nitriles is 1. The molecule has 0 spiro atoms. The van der Waals surface area contributed by atoms with Crippen LogP contribution in [0.5, 0.6) is 0 Å². The second-order valence-corrected chi connectivity index (χ2v) is 5.65. The van der Waals surface area contributed by atoms with Gasteiger partial charge < -0.3 is 14.4 Å². The molecule has 122 valence electrons. The Morgan fingerprint density at radius 2 is 1.54 bits per heavy atom. The number of nitrogens with zero attached hydrogens (tertiary/aromatic N) is 4. The van der Waals surface area contributed by atoms with Crippen LogP contribution in [0.15, 0.2) is 48.8 Å². The maximum atomic E-state index is 12.6. The highest BCUT2D eigenvalue weighted by Crippen LogP contribution is 2.13. The molecule has 0 atom stereocenters. The van der Waals surface area contributed by atoms with Crippen LogP contribution in [0, 0.1) is 11.3 Å². The Morgan fingerprint density at radius 1 is 0.958 bits per heavy atom. The molecule has 1 fully saturated rings. The van der Waals surface area contributed by atoms with E-state index >= 15 is 0 Å². The molecule has 2 heterocycles. The minimum atomic E-state index is -0.166. The Balaban J connectivity index is 1.61. The minimum absolute atomic E-state index is 0.0264. The summed E-state index contributed by atoms with van der Waals surface area (Å²) in [6.07, 6.45) is 3.80. The van der Waals surface area contributed by atoms with Gasteiger partial charge in [0.15, 0.2) is 0 Å². The van der Waals surface area contributed by atoms with Crippen LogP contribution in [0.3, 0.4) is 0 Å². The normalized spacial score (nSPS) is 14.3.